The Morgan fingerprint density at radius 2 is 1.50 bits per heavy atom. The summed E-state index contributed by atoms with van der Waals surface area (Å²) in [5, 5.41) is 7.81. The van der Waals surface area contributed by atoms with E-state index in [-0.39, 0.29) is 55.0 Å². The van der Waals surface area contributed by atoms with Crippen molar-refractivity contribution in [3.05, 3.63) is 70.5 Å². The SMILES string of the molecule is CNC(=O)OCC1CCC(C(=O)N2C[C@@H](NCC(=O)NCc3cc(C(F)(F)F)cc(C(F)(F)F)c3)[C@H](c3ccc(F)cc3)C2)CC1. The summed E-state index contributed by atoms with van der Waals surface area (Å²) in [6.45, 7) is -0.0977. The minimum absolute atomic E-state index is 0.0170. The summed E-state index contributed by atoms with van der Waals surface area (Å²) in [5.74, 6) is -1.58. The molecule has 2 atom stereocenters. The highest BCUT2D eigenvalue weighted by molar-refractivity contribution is 5.80. The van der Waals surface area contributed by atoms with E-state index in [9.17, 15) is 45.1 Å². The van der Waals surface area contributed by atoms with Gasteiger partial charge >= 0.3 is 18.4 Å². The fourth-order valence-corrected chi connectivity index (χ4v) is 5.95. The minimum Gasteiger partial charge on any atom is -0.449 e. The van der Waals surface area contributed by atoms with Crippen molar-refractivity contribution in [1.29, 1.82) is 0 Å². The highest BCUT2D eigenvalue weighted by Gasteiger charge is 2.40. The van der Waals surface area contributed by atoms with Gasteiger partial charge in [0.15, 0.2) is 0 Å². The van der Waals surface area contributed by atoms with Crippen LogP contribution < -0.4 is 16.0 Å². The second kappa shape index (κ2) is 14.7. The van der Waals surface area contributed by atoms with Crippen molar-refractivity contribution in [3.63, 3.8) is 0 Å². The smallest absolute Gasteiger partial charge is 0.416 e. The predicted molar refractivity (Wildman–Crippen MR) is 152 cm³/mol. The van der Waals surface area contributed by atoms with E-state index in [4.69, 9.17) is 4.74 Å². The van der Waals surface area contributed by atoms with E-state index in [2.05, 4.69) is 16.0 Å². The molecule has 1 heterocycles. The first kappa shape index (κ1) is 35.0. The van der Waals surface area contributed by atoms with Gasteiger partial charge in [-0.05, 0) is 73.1 Å². The lowest BCUT2D eigenvalue weighted by atomic mass is 9.81. The molecule has 252 valence electrons. The summed E-state index contributed by atoms with van der Waals surface area (Å²) in [5.41, 5.74) is -2.60. The number of ether oxygens (including phenoxy) is 1. The first-order valence-electron chi connectivity index (χ1n) is 14.8. The summed E-state index contributed by atoms with van der Waals surface area (Å²) >= 11 is 0. The van der Waals surface area contributed by atoms with E-state index in [1.165, 1.54) is 19.2 Å². The number of alkyl carbamates (subject to hydrolysis) is 1. The van der Waals surface area contributed by atoms with Crippen LogP contribution in [0.5, 0.6) is 0 Å². The molecule has 0 aromatic heterocycles. The average Bonchev–Trinajstić information content (AvgIpc) is 3.45. The molecule has 1 aliphatic heterocycles. The Balaban J connectivity index is 1.37. The van der Waals surface area contributed by atoms with Crippen LogP contribution in [0.1, 0.15) is 53.9 Å². The molecule has 2 aromatic carbocycles. The standard InChI is InChI=1S/C31H35F7N4O4/c1-39-29(45)46-17-18-2-4-21(5-3-18)28(44)42-15-25(20-6-8-24(32)9-7-20)26(16-42)40-14-27(43)41-13-19-10-22(30(33,34)35)12-23(11-19)31(36,37)38/h6-12,18,21,25-26,40H,2-5,13-17H2,1H3,(H,39,45)(H,41,43)/t18?,21?,25-,26+/m0/s1. The van der Waals surface area contributed by atoms with Gasteiger partial charge in [-0.1, -0.05) is 12.1 Å². The molecule has 3 amide bonds. The van der Waals surface area contributed by atoms with Crippen LogP contribution in [-0.4, -0.2) is 62.1 Å². The van der Waals surface area contributed by atoms with E-state index in [1.54, 1.807) is 17.0 Å². The zero-order chi connectivity index (χ0) is 33.6. The largest absolute Gasteiger partial charge is 0.449 e. The summed E-state index contributed by atoms with van der Waals surface area (Å²) < 4.78 is 97.9. The van der Waals surface area contributed by atoms with Crippen molar-refractivity contribution in [2.45, 2.75) is 56.5 Å². The van der Waals surface area contributed by atoms with Crippen molar-refractivity contribution < 1.29 is 49.9 Å². The molecular weight excluding hydrogens is 625 g/mol. The van der Waals surface area contributed by atoms with E-state index in [1.807, 2.05) is 0 Å². The summed E-state index contributed by atoms with van der Waals surface area (Å²) in [7, 11) is 1.47. The lowest BCUT2D eigenvalue weighted by Crippen LogP contribution is -2.43. The molecule has 15 heteroatoms. The molecule has 1 saturated carbocycles. The number of benzene rings is 2. The lowest BCUT2D eigenvalue weighted by molar-refractivity contribution is -0.143. The maximum absolute atomic E-state index is 13.6. The van der Waals surface area contributed by atoms with Gasteiger partial charge in [0.2, 0.25) is 11.8 Å². The van der Waals surface area contributed by atoms with Crippen molar-refractivity contribution in [2.24, 2.45) is 11.8 Å². The van der Waals surface area contributed by atoms with E-state index >= 15 is 0 Å². The molecule has 1 saturated heterocycles. The van der Waals surface area contributed by atoms with Crippen LogP contribution in [-0.2, 0) is 33.2 Å². The summed E-state index contributed by atoms with van der Waals surface area (Å²) in [6, 6.07) is 6.43. The molecule has 2 aliphatic rings. The summed E-state index contributed by atoms with van der Waals surface area (Å²) in [6.07, 6.45) is -7.89. The molecule has 3 N–H and O–H groups in total. The third-order valence-corrected chi connectivity index (χ3v) is 8.44. The highest BCUT2D eigenvalue weighted by atomic mass is 19.4. The number of amides is 3. The van der Waals surface area contributed by atoms with Crippen molar-refractivity contribution in [3.8, 4) is 0 Å². The number of nitrogens with zero attached hydrogens (tertiary/aromatic N) is 1. The number of hydrogen-bond acceptors (Lipinski definition) is 5. The molecule has 0 unspecified atom stereocenters. The number of carbonyl (C=O) groups is 3. The van der Waals surface area contributed by atoms with Crippen molar-refractivity contribution >= 4 is 17.9 Å². The molecule has 4 rings (SSSR count). The van der Waals surface area contributed by atoms with Gasteiger partial charge in [0.25, 0.3) is 0 Å². The number of hydrogen-bond donors (Lipinski definition) is 3. The second-order valence-corrected chi connectivity index (χ2v) is 11.6. The van der Waals surface area contributed by atoms with E-state index < -0.39 is 53.9 Å². The molecule has 0 bridgehead atoms. The Kier molecular flexibility index (Phi) is 11.2. The van der Waals surface area contributed by atoms with Gasteiger partial charge in [0.1, 0.15) is 5.82 Å². The van der Waals surface area contributed by atoms with Crippen LogP contribution in [0, 0.1) is 17.7 Å². The topological polar surface area (TPSA) is 99.8 Å². The molecular formula is C31H35F7N4O4. The van der Waals surface area contributed by atoms with Crippen LogP contribution in [0.3, 0.4) is 0 Å². The first-order valence-corrected chi connectivity index (χ1v) is 14.8. The number of carbonyl (C=O) groups excluding carboxylic acids is 3. The second-order valence-electron chi connectivity index (χ2n) is 11.6. The molecule has 0 radical (unpaired) electrons. The van der Waals surface area contributed by atoms with Gasteiger partial charge in [-0.25, -0.2) is 9.18 Å². The fraction of sp³-hybridized carbons (Fsp3) is 0.516. The van der Waals surface area contributed by atoms with Gasteiger partial charge in [-0.15, -0.1) is 0 Å². The number of likely N-dealkylation sites (tertiary alicyclic amines) is 1. The molecule has 8 nitrogen and oxygen atoms in total. The van der Waals surface area contributed by atoms with Crippen LogP contribution in [0.2, 0.25) is 0 Å². The van der Waals surface area contributed by atoms with Crippen molar-refractivity contribution in [1.82, 2.24) is 20.9 Å². The Bertz CT molecular complexity index is 1340. The number of halogens is 7. The number of alkyl halides is 6. The van der Waals surface area contributed by atoms with Crippen LogP contribution in [0.15, 0.2) is 42.5 Å². The van der Waals surface area contributed by atoms with Crippen LogP contribution >= 0.6 is 0 Å². The molecule has 2 fully saturated rings. The summed E-state index contributed by atoms with van der Waals surface area (Å²) in [4.78, 5) is 39.2. The highest BCUT2D eigenvalue weighted by Crippen LogP contribution is 2.37. The average molecular weight is 661 g/mol. The first-order chi connectivity index (χ1) is 21.6. The fourth-order valence-electron chi connectivity index (χ4n) is 5.95. The van der Waals surface area contributed by atoms with E-state index in [0.29, 0.717) is 44.4 Å². The quantitative estimate of drug-likeness (QED) is 0.321. The molecule has 46 heavy (non-hydrogen) atoms. The predicted octanol–water partition coefficient (Wildman–Crippen LogP) is 5.23. The van der Waals surface area contributed by atoms with Gasteiger partial charge in [0, 0.05) is 44.6 Å². The molecule has 2 aromatic rings. The Labute approximate surface area is 261 Å². The maximum Gasteiger partial charge on any atom is 0.416 e. The van der Waals surface area contributed by atoms with Gasteiger partial charge in [-0.2, -0.15) is 26.3 Å². The lowest BCUT2D eigenvalue weighted by Gasteiger charge is -2.30. The van der Waals surface area contributed by atoms with Crippen molar-refractivity contribution in [2.75, 3.05) is 33.3 Å². The van der Waals surface area contributed by atoms with Crippen LogP contribution in [0.25, 0.3) is 0 Å². The van der Waals surface area contributed by atoms with Crippen LogP contribution in [0.4, 0.5) is 35.5 Å². The Morgan fingerprint density at radius 1 is 0.891 bits per heavy atom. The number of rotatable bonds is 9. The zero-order valence-electron chi connectivity index (χ0n) is 24.9. The monoisotopic (exact) mass is 660 g/mol. The minimum atomic E-state index is -5.01. The maximum atomic E-state index is 13.6. The van der Waals surface area contributed by atoms with Gasteiger partial charge in [0.05, 0.1) is 24.3 Å². The third-order valence-electron chi connectivity index (χ3n) is 8.44. The molecule has 0 spiro atoms. The Morgan fingerprint density at radius 3 is 2.07 bits per heavy atom. The van der Waals surface area contributed by atoms with Gasteiger partial charge < -0.3 is 25.6 Å². The number of nitrogens with one attached hydrogen (secondary N) is 3. The Hall–Kier alpha value is -3.88. The van der Waals surface area contributed by atoms with E-state index in [0.717, 1.165) is 5.56 Å². The normalized spacial score (nSPS) is 22.0. The molecule has 1 aliphatic carbocycles. The third kappa shape index (κ3) is 9.33. The van der Waals surface area contributed by atoms with Gasteiger partial charge in [-0.3, -0.25) is 9.59 Å². The zero-order valence-corrected chi connectivity index (χ0v) is 24.9.